The molecule has 1 saturated heterocycles. The van der Waals surface area contributed by atoms with Gasteiger partial charge in [0.25, 0.3) is 0 Å². The standard InChI is InChI=1S/C24H25F2N3O/c1-17-4-3-11-27-22(17)24(30)20-5-2-6-21(26)23(20)29-14-12-28(13-15-29)16-18-7-9-19(25)10-8-18/h2-11,24,30H,12-16H2,1H3. The molecule has 1 N–H and O–H groups in total. The molecule has 30 heavy (non-hydrogen) atoms. The minimum atomic E-state index is -0.992. The van der Waals surface area contributed by atoms with Crippen molar-refractivity contribution in [2.24, 2.45) is 0 Å². The lowest BCUT2D eigenvalue weighted by Gasteiger charge is -2.37. The first kappa shape index (κ1) is 20.4. The summed E-state index contributed by atoms with van der Waals surface area (Å²) >= 11 is 0. The van der Waals surface area contributed by atoms with Crippen LogP contribution >= 0.6 is 0 Å². The van der Waals surface area contributed by atoms with Gasteiger partial charge in [0.2, 0.25) is 0 Å². The second-order valence-corrected chi connectivity index (χ2v) is 7.68. The van der Waals surface area contributed by atoms with Crippen LogP contribution in [-0.4, -0.2) is 41.2 Å². The summed E-state index contributed by atoms with van der Waals surface area (Å²) in [6.07, 6.45) is 0.646. The molecule has 1 aliphatic rings. The van der Waals surface area contributed by atoms with Crippen LogP contribution in [0.3, 0.4) is 0 Å². The number of benzene rings is 2. The molecule has 0 aliphatic carbocycles. The second kappa shape index (κ2) is 8.90. The van der Waals surface area contributed by atoms with Gasteiger partial charge in [-0.05, 0) is 42.3 Å². The van der Waals surface area contributed by atoms with E-state index in [1.54, 1.807) is 30.5 Å². The van der Waals surface area contributed by atoms with E-state index in [1.165, 1.54) is 18.2 Å². The van der Waals surface area contributed by atoms with E-state index in [9.17, 15) is 13.9 Å². The van der Waals surface area contributed by atoms with E-state index >= 15 is 0 Å². The SMILES string of the molecule is Cc1cccnc1C(O)c1cccc(F)c1N1CCN(Cc2ccc(F)cc2)CC1. The predicted octanol–water partition coefficient (Wildman–Crippen LogP) is 4.07. The quantitative estimate of drug-likeness (QED) is 0.690. The van der Waals surface area contributed by atoms with Crippen molar-refractivity contribution in [1.82, 2.24) is 9.88 Å². The van der Waals surface area contributed by atoms with Crippen LogP contribution in [0, 0.1) is 18.6 Å². The molecule has 6 heteroatoms. The maximum Gasteiger partial charge on any atom is 0.146 e. The molecule has 0 amide bonds. The van der Waals surface area contributed by atoms with Gasteiger partial charge < -0.3 is 10.0 Å². The highest BCUT2D eigenvalue weighted by atomic mass is 19.1. The van der Waals surface area contributed by atoms with Gasteiger partial charge in [0, 0.05) is 44.5 Å². The number of pyridine rings is 1. The fourth-order valence-electron chi connectivity index (χ4n) is 4.00. The van der Waals surface area contributed by atoms with Crippen LogP contribution in [0.2, 0.25) is 0 Å². The van der Waals surface area contributed by atoms with Crippen LogP contribution < -0.4 is 4.90 Å². The summed E-state index contributed by atoms with van der Waals surface area (Å²) in [4.78, 5) is 8.57. The summed E-state index contributed by atoms with van der Waals surface area (Å²) in [6, 6.07) is 15.1. The van der Waals surface area contributed by atoms with Gasteiger partial charge in [-0.3, -0.25) is 9.88 Å². The zero-order chi connectivity index (χ0) is 21.1. The Labute approximate surface area is 175 Å². The Morgan fingerprint density at radius 1 is 0.967 bits per heavy atom. The Hall–Kier alpha value is -2.83. The maximum absolute atomic E-state index is 14.9. The summed E-state index contributed by atoms with van der Waals surface area (Å²) < 4.78 is 28.0. The van der Waals surface area contributed by atoms with Gasteiger partial charge in [-0.2, -0.15) is 0 Å². The van der Waals surface area contributed by atoms with Crippen molar-refractivity contribution < 1.29 is 13.9 Å². The summed E-state index contributed by atoms with van der Waals surface area (Å²) in [5.74, 6) is -0.579. The number of aliphatic hydroxyl groups excluding tert-OH is 1. The predicted molar refractivity (Wildman–Crippen MR) is 113 cm³/mol. The molecule has 0 radical (unpaired) electrons. The minimum Gasteiger partial charge on any atom is -0.382 e. The Balaban J connectivity index is 1.51. The number of anilines is 1. The fourth-order valence-corrected chi connectivity index (χ4v) is 4.00. The van der Waals surface area contributed by atoms with Gasteiger partial charge in [0.15, 0.2) is 0 Å². The van der Waals surface area contributed by atoms with Crippen molar-refractivity contribution >= 4 is 5.69 Å². The maximum atomic E-state index is 14.9. The zero-order valence-corrected chi connectivity index (χ0v) is 16.9. The summed E-state index contributed by atoms with van der Waals surface area (Å²) in [5.41, 5.74) is 3.43. The second-order valence-electron chi connectivity index (χ2n) is 7.68. The Bertz CT molecular complexity index is 1000. The van der Waals surface area contributed by atoms with Gasteiger partial charge in [-0.1, -0.05) is 30.3 Å². The number of para-hydroxylation sites is 1. The largest absolute Gasteiger partial charge is 0.382 e. The monoisotopic (exact) mass is 409 g/mol. The van der Waals surface area contributed by atoms with Crippen LogP contribution in [-0.2, 0) is 6.54 Å². The molecule has 1 aromatic heterocycles. The van der Waals surface area contributed by atoms with E-state index in [-0.39, 0.29) is 11.6 Å². The van der Waals surface area contributed by atoms with Crippen LogP contribution in [0.1, 0.15) is 28.5 Å². The zero-order valence-electron chi connectivity index (χ0n) is 16.9. The normalized spacial score (nSPS) is 15.9. The molecule has 3 aromatic rings. The molecule has 0 spiro atoms. The minimum absolute atomic E-state index is 0.239. The lowest BCUT2D eigenvalue weighted by atomic mass is 9.99. The van der Waals surface area contributed by atoms with Crippen molar-refractivity contribution in [2.45, 2.75) is 19.6 Å². The van der Waals surface area contributed by atoms with Crippen LogP contribution in [0.5, 0.6) is 0 Å². The number of aryl methyl sites for hydroxylation is 1. The highest BCUT2D eigenvalue weighted by Gasteiger charge is 2.26. The number of nitrogens with zero attached hydrogens (tertiary/aromatic N) is 3. The van der Waals surface area contributed by atoms with Gasteiger partial charge in [0.05, 0.1) is 11.4 Å². The molecular formula is C24H25F2N3O. The van der Waals surface area contributed by atoms with E-state index in [0.717, 1.165) is 30.8 Å². The molecule has 0 bridgehead atoms. The third-order valence-electron chi connectivity index (χ3n) is 5.63. The van der Waals surface area contributed by atoms with Crippen LogP contribution in [0.15, 0.2) is 60.8 Å². The molecule has 156 valence electrons. The molecule has 4 nitrogen and oxygen atoms in total. The molecule has 1 unspecified atom stereocenters. The summed E-state index contributed by atoms with van der Waals surface area (Å²) in [6.45, 7) is 5.41. The third kappa shape index (κ3) is 4.35. The van der Waals surface area contributed by atoms with E-state index in [1.807, 2.05) is 24.0 Å². The smallest absolute Gasteiger partial charge is 0.146 e. The lowest BCUT2D eigenvalue weighted by Crippen LogP contribution is -2.46. The van der Waals surface area contributed by atoms with E-state index in [4.69, 9.17) is 0 Å². The molecule has 1 fully saturated rings. The third-order valence-corrected chi connectivity index (χ3v) is 5.63. The van der Waals surface area contributed by atoms with Gasteiger partial charge >= 0.3 is 0 Å². The lowest BCUT2D eigenvalue weighted by molar-refractivity contribution is 0.213. The van der Waals surface area contributed by atoms with E-state index in [0.29, 0.717) is 30.0 Å². The highest BCUT2D eigenvalue weighted by molar-refractivity contribution is 5.58. The van der Waals surface area contributed by atoms with Crippen molar-refractivity contribution in [1.29, 1.82) is 0 Å². The van der Waals surface area contributed by atoms with Crippen LogP contribution in [0.25, 0.3) is 0 Å². The van der Waals surface area contributed by atoms with Crippen molar-refractivity contribution in [2.75, 3.05) is 31.1 Å². The number of aromatic nitrogens is 1. The van der Waals surface area contributed by atoms with Crippen LogP contribution in [0.4, 0.5) is 14.5 Å². The molecule has 0 saturated carbocycles. The van der Waals surface area contributed by atoms with Crippen molar-refractivity contribution in [3.8, 4) is 0 Å². The van der Waals surface area contributed by atoms with Gasteiger partial charge in [-0.25, -0.2) is 8.78 Å². The Morgan fingerprint density at radius 2 is 1.70 bits per heavy atom. The number of rotatable bonds is 5. The highest BCUT2D eigenvalue weighted by Crippen LogP contribution is 2.34. The average Bonchev–Trinajstić information content (AvgIpc) is 2.76. The van der Waals surface area contributed by atoms with E-state index < -0.39 is 6.10 Å². The van der Waals surface area contributed by atoms with Crippen molar-refractivity contribution in [3.63, 3.8) is 0 Å². The first-order valence-corrected chi connectivity index (χ1v) is 10.1. The number of hydrogen-bond acceptors (Lipinski definition) is 4. The molecule has 2 aromatic carbocycles. The summed E-state index contributed by atoms with van der Waals surface area (Å²) in [7, 11) is 0. The first-order chi connectivity index (χ1) is 14.5. The fraction of sp³-hybridized carbons (Fsp3) is 0.292. The number of piperazine rings is 1. The first-order valence-electron chi connectivity index (χ1n) is 10.1. The van der Waals surface area contributed by atoms with Gasteiger partial charge in [0.1, 0.15) is 17.7 Å². The average molecular weight is 409 g/mol. The molecular weight excluding hydrogens is 384 g/mol. The van der Waals surface area contributed by atoms with Crippen molar-refractivity contribution in [3.05, 3.63) is 94.8 Å². The van der Waals surface area contributed by atoms with Gasteiger partial charge in [-0.15, -0.1) is 0 Å². The number of aliphatic hydroxyl groups is 1. The topological polar surface area (TPSA) is 39.6 Å². The molecule has 4 rings (SSSR count). The number of hydrogen-bond donors (Lipinski definition) is 1. The Kier molecular flexibility index (Phi) is 6.06. The van der Waals surface area contributed by atoms with E-state index in [2.05, 4.69) is 9.88 Å². The number of halogens is 2. The molecule has 2 heterocycles. The Morgan fingerprint density at radius 3 is 2.40 bits per heavy atom. The molecule has 1 atom stereocenters. The molecule has 1 aliphatic heterocycles. The summed E-state index contributed by atoms with van der Waals surface area (Å²) in [5, 5.41) is 11.0.